The molecular formula is C12H18N6O4. The zero-order valence-electron chi connectivity index (χ0n) is 12.0. The van der Waals surface area contributed by atoms with E-state index in [2.05, 4.69) is 0 Å². The van der Waals surface area contributed by atoms with Gasteiger partial charge in [0.15, 0.2) is 0 Å². The smallest absolute Gasteiger partial charge is 0.333 e. The average Bonchev–Trinajstić information content (AvgIpc) is 2.50. The lowest BCUT2D eigenvalue weighted by Gasteiger charge is -2.21. The summed E-state index contributed by atoms with van der Waals surface area (Å²) in [5.74, 6) is 10.6. The van der Waals surface area contributed by atoms with Gasteiger partial charge in [-0.1, -0.05) is 13.0 Å². The fourth-order valence-corrected chi connectivity index (χ4v) is 1.55. The minimum Gasteiger partial charge on any atom is -0.461 e. The first kappa shape index (κ1) is 17.2. The van der Waals surface area contributed by atoms with E-state index >= 15 is 0 Å². The predicted molar refractivity (Wildman–Crippen MR) is 79.0 cm³/mol. The Balaban J connectivity index is 3.17. The normalized spacial score (nSPS) is 9.95. The quantitative estimate of drug-likeness (QED) is 0.250. The number of rotatable bonds is 5. The predicted octanol–water partition coefficient (Wildman–Crippen LogP) is -0.343. The van der Waals surface area contributed by atoms with Crippen molar-refractivity contribution in [3.05, 3.63) is 23.8 Å². The van der Waals surface area contributed by atoms with Gasteiger partial charge in [-0.3, -0.25) is 4.79 Å². The highest BCUT2D eigenvalue weighted by Crippen LogP contribution is 2.25. The van der Waals surface area contributed by atoms with Gasteiger partial charge in [-0.15, -0.1) is 0 Å². The molecule has 10 nitrogen and oxygen atoms in total. The Morgan fingerprint density at radius 1 is 1.09 bits per heavy atom. The van der Waals surface area contributed by atoms with E-state index in [0.29, 0.717) is 15.6 Å². The Morgan fingerprint density at radius 3 is 2.18 bits per heavy atom. The maximum Gasteiger partial charge on any atom is 0.333 e. The van der Waals surface area contributed by atoms with Crippen LogP contribution in [0.25, 0.3) is 0 Å². The first-order valence-corrected chi connectivity index (χ1v) is 6.25. The Hall–Kier alpha value is -2.85. The van der Waals surface area contributed by atoms with Crippen LogP contribution in [-0.4, -0.2) is 18.0 Å². The van der Waals surface area contributed by atoms with Crippen molar-refractivity contribution in [3.8, 4) is 0 Å². The lowest BCUT2D eigenvalue weighted by Crippen LogP contribution is -2.43. The van der Waals surface area contributed by atoms with Gasteiger partial charge in [0, 0.05) is 12.0 Å². The maximum atomic E-state index is 11.2. The number of hydrogen-bond donors (Lipinski definition) is 4. The van der Waals surface area contributed by atoms with Crippen molar-refractivity contribution in [2.75, 3.05) is 10.0 Å². The standard InChI is InChI=1S/C12H18N6O4/c1-2-10(19)22-6-7-3-4-8(17(15)11(13)20)5-9(7)18(16)12(14)21/h3-5H,2,6,15-16H2,1H3,(H2,13,20)(H2,14,21). The number of nitrogens with zero attached hydrogens (tertiary/aromatic N) is 2. The van der Waals surface area contributed by atoms with Crippen molar-refractivity contribution >= 4 is 29.4 Å². The Bertz CT molecular complexity index is 591. The number of carbonyl (C=O) groups excluding carboxylic acids is 3. The van der Waals surface area contributed by atoms with Gasteiger partial charge in [-0.2, -0.15) is 0 Å². The second kappa shape index (κ2) is 7.24. The van der Waals surface area contributed by atoms with Gasteiger partial charge in [0.05, 0.1) is 11.4 Å². The number of carbonyl (C=O) groups is 3. The molecule has 0 aromatic heterocycles. The summed E-state index contributed by atoms with van der Waals surface area (Å²) in [6, 6.07) is 2.42. The first-order chi connectivity index (χ1) is 10.3. The topological polar surface area (TPSA) is 171 Å². The van der Waals surface area contributed by atoms with Gasteiger partial charge in [0.1, 0.15) is 6.61 Å². The van der Waals surface area contributed by atoms with Crippen LogP contribution in [0.15, 0.2) is 18.2 Å². The van der Waals surface area contributed by atoms with E-state index in [9.17, 15) is 14.4 Å². The van der Waals surface area contributed by atoms with Crippen LogP contribution in [0.2, 0.25) is 0 Å². The number of urea groups is 2. The summed E-state index contributed by atoms with van der Waals surface area (Å²) in [6.07, 6.45) is 0.202. The van der Waals surface area contributed by atoms with E-state index in [1.165, 1.54) is 18.2 Å². The molecule has 0 aliphatic rings. The minimum atomic E-state index is -0.942. The largest absolute Gasteiger partial charge is 0.461 e. The highest BCUT2D eigenvalue weighted by atomic mass is 16.5. The fraction of sp³-hybridized carbons (Fsp3) is 0.250. The van der Waals surface area contributed by atoms with Crippen LogP contribution < -0.4 is 33.2 Å². The summed E-state index contributed by atoms with van der Waals surface area (Å²) in [5.41, 5.74) is 10.9. The second-order valence-electron chi connectivity index (χ2n) is 4.24. The van der Waals surface area contributed by atoms with Crippen LogP contribution in [0.1, 0.15) is 18.9 Å². The number of primary amides is 2. The summed E-state index contributed by atoms with van der Waals surface area (Å²) < 4.78 is 4.99. The maximum absolute atomic E-state index is 11.2. The molecule has 1 aromatic rings. The molecule has 8 N–H and O–H groups in total. The molecular weight excluding hydrogens is 292 g/mol. The van der Waals surface area contributed by atoms with Crippen LogP contribution in [0, 0.1) is 0 Å². The average molecular weight is 310 g/mol. The summed E-state index contributed by atoms with van der Waals surface area (Å²) in [6.45, 7) is 1.52. The molecule has 0 aliphatic heterocycles. The lowest BCUT2D eigenvalue weighted by molar-refractivity contribution is -0.144. The van der Waals surface area contributed by atoms with Gasteiger partial charge in [-0.25, -0.2) is 31.3 Å². The molecule has 4 amide bonds. The number of anilines is 2. The minimum absolute atomic E-state index is 0.121. The molecule has 0 saturated carbocycles. The van der Waals surface area contributed by atoms with E-state index in [0.717, 1.165) is 0 Å². The van der Waals surface area contributed by atoms with E-state index < -0.39 is 18.0 Å². The Labute approximate surface area is 126 Å². The Morgan fingerprint density at radius 2 is 1.68 bits per heavy atom. The molecule has 10 heteroatoms. The molecule has 1 rings (SSSR count). The third kappa shape index (κ3) is 4.07. The number of esters is 1. The van der Waals surface area contributed by atoms with Crippen molar-refractivity contribution < 1.29 is 19.1 Å². The molecule has 0 fully saturated rings. The SMILES string of the molecule is CCC(=O)OCc1ccc(N(N)C(N)=O)cc1N(N)C(N)=O. The molecule has 0 radical (unpaired) electrons. The molecule has 0 spiro atoms. The molecule has 0 aliphatic carbocycles. The van der Waals surface area contributed by atoms with Crippen LogP contribution in [0.4, 0.5) is 21.0 Å². The number of benzene rings is 1. The molecule has 1 aromatic carbocycles. The van der Waals surface area contributed by atoms with Gasteiger partial charge in [0.25, 0.3) is 0 Å². The van der Waals surface area contributed by atoms with E-state index in [1.807, 2.05) is 0 Å². The van der Waals surface area contributed by atoms with Crippen LogP contribution in [-0.2, 0) is 16.1 Å². The summed E-state index contributed by atoms with van der Waals surface area (Å²) in [4.78, 5) is 33.5. The molecule has 0 atom stereocenters. The second-order valence-corrected chi connectivity index (χ2v) is 4.24. The van der Waals surface area contributed by atoms with E-state index in [-0.39, 0.29) is 24.4 Å². The molecule has 120 valence electrons. The van der Waals surface area contributed by atoms with Crippen molar-refractivity contribution in [1.29, 1.82) is 0 Å². The summed E-state index contributed by atoms with van der Waals surface area (Å²) in [7, 11) is 0. The molecule has 22 heavy (non-hydrogen) atoms. The molecule has 0 bridgehead atoms. The van der Waals surface area contributed by atoms with Gasteiger partial charge in [-0.05, 0) is 12.1 Å². The summed E-state index contributed by atoms with van der Waals surface area (Å²) in [5, 5.41) is 1.31. The van der Waals surface area contributed by atoms with Crippen molar-refractivity contribution in [2.24, 2.45) is 23.2 Å². The van der Waals surface area contributed by atoms with Crippen LogP contribution in [0.5, 0.6) is 0 Å². The lowest BCUT2D eigenvalue weighted by atomic mass is 10.1. The van der Waals surface area contributed by atoms with Crippen molar-refractivity contribution in [2.45, 2.75) is 20.0 Å². The first-order valence-electron chi connectivity index (χ1n) is 6.25. The van der Waals surface area contributed by atoms with Crippen molar-refractivity contribution in [1.82, 2.24) is 0 Å². The highest BCUT2D eigenvalue weighted by molar-refractivity contribution is 5.93. The van der Waals surface area contributed by atoms with Gasteiger partial charge < -0.3 is 16.2 Å². The highest BCUT2D eigenvalue weighted by Gasteiger charge is 2.17. The third-order valence-corrected chi connectivity index (χ3v) is 2.76. The fourth-order valence-electron chi connectivity index (χ4n) is 1.55. The number of hydrazine groups is 2. The van der Waals surface area contributed by atoms with Crippen LogP contribution >= 0.6 is 0 Å². The molecule has 0 heterocycles. The molecule has 0 unspecified atom stereocenters. The number of amides is 4. The van der Waals surface area contributed by atoms with Gasteiger partial charge >= 0.3 is 18.0 Å². The summed E-state index contributed by atoms with van der Waals surface area (Å²) >= 11 is 0. The van der Waals surface area contributed by atoms with Crippen molar-refractivity contribution in [3.63, 3.8) is 0 Å². The zero-order chi connectivity index (χ0) is 16.9. The number of nitrogens with two attached hydrogens (primary N) is 4. The monoisotopic (exact) mass is 310 g/mol. The Kier molecular flexibility index (Phi) is 5.66. The zero-order valence-corrected chi connectivity index (χ0v) is 12.0. The van der Waals surface area contributed by atoms with Crippen LogP contribution in [0.3, 0.4) is 0 Å². The van der Waals surface area contributed by atoms with E-state index in [1.54, 1.807) is 6.92 Å². The van der Waals surface area contributed by atoms with Gasteiger partial charge in [0.2, 0.25) is 0 Å². The molecule has 0 saturated heterocycles. The third-order valence-electron chi connectivity index (χ3n) is 2.76. The number of hydrogen-bond acceptors (Lipinski definition) is 6. The number of ether oxygens (including phenoxy) is 1. The van der Waals surface area contributed by atoms with E-state index in [4.69, 9.17) is 27.9 Å².